The van der Waals surface area contributed by atoms with Crippen molar-refractivity contribution < 1.29 is 22.7 Å². The number of nitrogen functional groups attached to an aromatic ring is 1. The molecule has 0 fully saturated rings. The lowest BCUT2D eigenvalue weighted by molar-refractivity contribution is -0.141. The molecule has 0 bridgehead atoms. The Labute approximate surface area is 178 Å². The van der Waals surface area contributed by atoms with Gasteiger partial charge in [-0.3, -0.25) is 9.36 Å². The quantitative estimate of drug-likeness (QED) is 0.509. The highest BCUT2D eigenvalue weighted by molar-refractivity contribution is 6.11. The first-order valence-electron chi connectivity index (χ1n) is 9.39. The number of hydrogen-bond donors (Lipinski definition) is 1. The van der Waals surface area contributed by atoms with Crippen LogP contribution in [-0.2, 0) is 6.18 Å². The second-order valence-electron chi connectivity index (χ2n) is 6.94. The Kier molecular flexibility index (Phi) is 4.43. The van der Waals surface area contributed by atoms with E-state index in [2.05, 4.69) is 19.9 Å². The van der Waals surface area contributed by atoms with Crippen LogP contribution in [0.15, 0.2) is 49.2 Å². The summed E-state index contributed by atoms with van der Waals surface area (Å²) in [6, 6.07) is 5.72. The van der Waals surface area contributed by atoms with Crippen molar-refractivity contribution in [2.75, 3.05) is 23.8 Å². The fourth-order valence-corrected chi connectivity index (χ4v) is 3.47. The van der Waals surface area contributed by atoms with E-state index >= 15 is 0 Å². The molecule has 0 saturated heterocycles. The smallest absolute Gasteiger partial charge is 0.433 e. The van der Waals surface area contributed by atoms with Crippen molar-refractivity contribution in [3.8, 4) is 11.6 Å². The number of pyridine rings is 2. The van der Waals surface area contributed by atoms with E-state index in [9.17, 15) is 18.0 Å². The Morgan fingerprint density at radius 2 is 1.84 bits per heavy atom. The molecule has 0 atom stereocenters. The van der Waals surface area contributed by atoms with Gasteiger partial charge in [-0.2, -0.15) is 13.2 Å². The zero-order valence-electron chi connectivity index (χ0n) is 16.2. The van der Waals surface area contributed by atoms with Crippen LogP contribution in [0.4, 0.5) is 24.7 Å². The minimum absolute atomic E-state index is 0.0156. The minimum atomic E-state index is -4.51. The molecular weight excluding hydrogens is 427 g/mol. The first-order valence-corrected chi connectivity index (χ1v) is 9.39. The van der Waals surface area contributed by atoms with Gasteiger partial charge in [0.15, 0.2) is 0 Å². The van der Waals surface area contributed by atoms with Crippen molar-refractivity contribution >= 4 is 28.4 Å². The predicted molar refractivity (Wildman–Crippen MR) is 107 cm³/mol. The number of ether oxygens (including phenoxy) is 1. The van der Waals surface area contributed by atoms with E-state index in [1.807, 2.05) is 0 Å². The van der Waals surface area contributed by atoms with Gasteiger partial charge >= 0.3 is 6.18 Å². The third-order valence-corrected chi connectivity index (χ3v) is 4.99. The summed E-state index contributed by atoms with van der Waals surface area (Å²) in [5.41, 5.74) is 6.40. The highest BCUT2D eigenvalue weighted by Gasteiger charge is 2.32. The number of hydrogen-bond acceptors (Lipinski definition) is 7. The summed E-state index contributed by atoms with van der Waals surface area (Å²) in [7, 11) is 0. The van der Waals surface area contributed by atoms with Gasteiger partial charge in [0.1, 0.15) is 35.7 Å². The Balaban J connectivity index is 1.50. The molecule has 0 saturated carbocycles. The number of halogens is 3. The molecule has 12 heteroatoms. The summed E-state index contributed by atoms with van der Waals surface area (Å²) in [4.78, 5) is 30.3. The zero-order chi connectivity index (χ0) is 22.5. The number of nitrogens with two attached hydrogens (primary N) is 1. The van der Waals surface area contributed by atoms with Crippen molar-refractivity contribution in [3.63, 3.8) is 0 Å². The third-order valence-electron chi connectivity index (χ3n) is 4.99. The van der Waals surface area contributed by atoms with Gasteiger partial charge in [-0.25, -0.2) is 19.9 Å². The van der Waals surface area contributed by atoms with Gasteiger partial charge in [0.05, 0.1) is 30.3 Å². The molecule has 2 N–H and O–H groups in total. The van der Waals surface area contributed by atoms with Crippen LogP contribution in [0.3, 0.4) is 0 Å². The number of amides is 1. The largest absolute Gasteiger partial charge is 0.475 e. The van der Waals surface area contributed by atoms with Crippen LogP contribution in [0, 0.1) is 0 Å². The van der Waals surface area contributed by atoms with Crippen molar-refractivity contribution in [2.24, 2.45) is 0 Å². The van der Waals surface area contributed by atoms with E-state index < -0.39 is 17.8 Å². The molecule has 9 nitrogen and oxygen atoms in total. The molecule has 0 unspecified atom stereocenters. The van der Waals surface area contributed by atoms with Crippen molar-refractivity contribution in [1.29, 1.82) is 0 Å². The average Bonchev–Trinajstić information content (AvgIpc) is 3.11. The molecule has 1 aliphatic rings. The molecule has 1 amide bonds. The molecule has 162 valence electrons. The first kappa shape index (κ1) is 19.7. The molecule has 4 aromatic rings. The maximum absolute atomic E-state index is 13.1. The number of rotatable bonds is 2. The van der Waals surface area contributed by atoms with Gasteiger partial charge < -0.3 is 15.4 Å². The lowest BCUT2D eigenvalue weighted by Gasteiger charge is -2.20. The second kappa shape index (κ2) is 7.18. The Morgan fingerprint density at radius 3 is 2.59 bits per heavy atom. The molecule has 32 heavy (non-hydrogen) atoms. The molecule has 0 radical (unpaired) electrons. The lowest BCUT2D eigenvalue weighted by atomic mass is 10.2. The van der Waals surface area contributed by atoms with Crippen LogP contribution in [0.5, 0.6) is 5.88 Å². The molecular formula is C20H14F3N7O2. The number of carbonyl (C=O) groups is 1. The molecule has 0 aromatic carbocycles. The van der Waals surface area contributed by atoms with Crippen molar-refractivity contribution in [2.45, 2.75) is 6.18 Å². The van der Waals surface area contributed by atoms with E-state index in [1.165, 1.54) is 23.5 Å². The number of nitrogens with zero attached hydrogens (tertiary/aromatic N) is 6. The van der Waals surface area contributed by atoms with E-state index in [0.29, 0.717) is 22.4 Å². The predicted octanol–water partition coefficient (Wildman–Crippen LogP) is 2.85. The topological polar surface area (TPSA) is 112 Å². The number of aromatic nitrogens is 5. The van der Waals surface area contributed by atoms with E-state index in [4.69, 9.17) is 10.5 Å². The van der Waals surface area contributed by atoms with Crippen LogP contribution < -0.4 is 15.4 Å². The normalized spacial score (nSPS) is 14.2. The summed E-state index contributed by atoms with van der Waals surface area (Å²) >= 11 is 0. The molecule has 0 aliphatic carbocycles. The van der Waals surface area contributed by atoms with Gasteiger partial charge in [-0.15, -0.1) is 0 Å². The van der Waals surface area contributed by atoms with Crippen LogP contribution >= 0.6 is 0 Å². The molecule has 5 rings (SSSR count). The van der Waals surface area contributed by atoms with E-state index in [1.54, 1.807) is 22.9 Å². The number of fused-ring (bicyclic) bond motifs is 2. The van der Waals surface area contributed by atoms with Crippen LogP contribution in [0.2, 0.25) is 0 Å². The fourth-order valence-electron chi connectivity index (χ4n) is 3.47. The highest BCUT2D eigenvalue weighted by Crippen LogP contribution is 2.30. The fraction of sp³-hybridized carbons (Fsp3) is 0.150. The van der Waals surface area contributed by atoms with E-state index in [-0.39, 0.29) is 30.4 Å². The maximum atomic E-state index is 13.1. The minimum Gasteiger partial charge on any atom is -0.475 e. The third kappa shape index (κ3) is 3.25. The Hall–Kier alpha value is -4.22. The Morgan fingerprint density at radius 1 is 1.03 bits per heavy atom. The second-order valence-corrected chi connectivity index (χ2v) is 6.94. The summed E-state index contributed by atoms with van der Waals surface area (Å²) in [5.74, 6) is -0.273. The lowest BCUT2D eigenvalue weighted by Crippen LogP contribution is -2.32. The summed E-state index contributed by atoms with van der Waals surface area (Å²) < 4.78 is 45.5. The standard InChI is InChI=1S/C20H14F3N7O2/c21-20(22,23)14-2-1-12(8-25-14)29-4-3-11-7-13(9-26-17(11)29)30-5-6-32-18-15(19(30)31)16(24)27-10-28-18/h1-4,7-10H,5-6H2,(H2,24,27,28). The van der Waals surface area contributed by atoms with Crippen molar-refractivity contribution in [3.05, 3.63) is 60.4 Å². The first-order chi connectivity index (χ1) is 15.3. The molecule has 1 aliphatic heterocycles. The van der Waals surface area contributed by atoms with Gasteiger partial charge in [0.2, 0.25) is 5.88 Å². The van der Waals surface area contributed by atoms with Crippen LogP contribution in [0.1, 0.15) is 16.1 Å². The maximum Gasteiger partial charge on any atom is 0.433 e. The van der Waals surface area contributed by atoms with Gasteiger partial charge in [-0.1, -0.05) is 0 Å². The van der Waals surface area contributed by atoms with E-state index in [0.717, 1.165) is 12.3 Å². The Bertz CT molecular complexity index is 1340. The number of anilines is 2. The number of alkyl halides is 3. The molecule has 4 aromatic heterocycles. The van der Waals surface area contributed by atoms with Crippen molar-refractivity contribution in [1.82, 2.24) is 24.5 Å². The number of carbonyl (C=O) groups excluding carboxylic acids is 1. The molecule has 5 heterocycles. The zero-order valence-corrected chi connectivity index (χ0v) is 16.2. The van der Waals surface area contributed by atoms with Gasteiger partial charge in [0.25, 0.3) is 5.91 Å². The summed E-state index contributed by atoms with van der Waals surface area (Å²) in [6.07, 6.45) is 1.01. The van der Waals surface area contributed by atoms with Crippen LogP contribution in [-0.4, -0.2) is 43.6 Å². The van der Waals surface area contributed by atoms with Gasteiger partial charge in [-0.05, 0) is 24.3 Å². The van der Waals surface area contributed by atoms with Gasteiger partial charge in [0, 0.05) is 11.6 Å². The monoisotopic (exact) mass is 441 g/mol. The highest BCUT2D eigenvalue weighted by atomic mass is 19.4. The average molecular weight is 441 g/mol. The SMILES string of the molecule is Nc1ncnc2c1C(=O)N(c1cnc3c(ccn3-c3ccc(C(F)(F)F)nc3)c1)CCO2. The molecule has 0 spiro atoms. The summed E-state index contributed by atoms with van der Waals surface area (Å²) in [6.45, 7) is 0.441. The summed E-state index contributed by atoms with van der Waals surface area (Å²) in [5, 5.41) is 0.679. The van der Waals surface area contributed by atoms with Crippen LogP contribution in [0.25, 0.3) is 16.7 Å².